The number of aliphatic hydroxyl groups excluding tert-OH is 2. The number of likely N-dealkylation sites (tertiary alicyclic amines) is 1. The normalized spacial score (nSPS) is 14.6. The fourth-order valence-corrected chi connectivity index (χ4v) is 7.24. The number of halogens is 5. The van der Waals surface area contributed by atoms with Crippen molar-refractivity contribution in [2.45, 2.75) is 82.5 Å². The second kappa shape index (κ2) is 20.3. The van der Waals surface area contributed by atoms with Gasteiger partial charge in [0, 0.05) is 38.2 Å². The van der Waals surface area contributed by atoms with Crippen LogP contribution in [0.4, 0.5) is 22.0 Å². The zero-order valence-corrected chi connectivity index (χ0v) is 34.5. The first kappa shape index (κ1) is 48.5. The highest BCUT2D eigenvalue weighted by atomic mass is 19.4. The fraction of sp³-hybridized carbons (Fsp3) is 0.333. The summed E-state index contributed by atoms with van der Waals surface area (Å²) in [6.07, 6.45) is -7.68. The number of hydrogen-bond donors (Lipinski definition) is 6. The van der Waals surface area contributed by atoms with Crippen LogP contribution in [0.3, 0.4) is 0 Å². The molecule has 2 unspecified atom stereocenters. The van der Waals surface area contributed by atoms with Crippen molar-refractivity contribution < 1.29 is 66.7 Å². The summed E-state index contributed by atoms with van der Waals surface area (Å²) in [4.78, 5) is 70.1. The molecule has 0 saturated carbocycles. The molecule has 1 saturated heterocycles. The number of aromatic amines is 1. The highest BCUT2D eigenvalue weighted by Gasteiger charge is 2.39. The minimum absolute atomic E-state index is 0.118. The van der Waals surface area contributed by atoms with Crippen molar-refractivity contribution in [1.29, 1.82) is 0 Å². The lowest BCUT2D eigenvalue weighted by Crippen LogP contribution is -2.56. The van der Waals surface area contributed by atoms with Gasteiger partial charge in [-0.2, -0.15) is 18.2 Å². The number of carboxylic acid groups (broad SMARTS) is 3. The molecule has 0 aliphatic carbocycles. The van der Waals surface area contributed by atoms with Crippen LogP contribution in [0.15, 0.2) is 89.7 Å². The van der Waals surface area contributed by atoms with Crippen LogP contribution >= 0.6 is 0 Å². The predicted octanol–water partition coefficient (Wildman–Crippen LogP) is 5.45. The van der Waals surface area contributed by atoms with E-state index < -0.39 is 64.6 Å². The molecule has 2 atom stereocenters. The highest BCUT2D eigenvalue weighted by molar-refractivity contribution is 5.88. The number of hydrogen-bond acceptors (Lipinski definition) is 9. The van der Waals surface area contributed by atoms with E-state index in [1.165, 1.54) is 24.3 Å². The van der Waals surface area contributed by atoms with E-state index >= 15 is 0 Å². The van der Waals surface area contributed by atoms with Crippen LogP contribution in [0.1, 0.15) is 54.8 Å². The molecule has 5 aromatic rings. The van der Waals surface area contributed by atoms with Gasteiger partial charge in [0.05, 0.1) is 22.9 Å². The van der Waals surface area contributed by atoms with Gasteiger partial charge >= 0.3 is 24.1 Å². The molecule has 2 heterocycles. The summed E-state index contributed by atoms with van der Waals surface area (Å²) in [7, 11) is 0. The zero-order chi connectivity index (χ0) is 47.1. The fourth-order valence-electron chi connectivity index (χ4n) is 7.24. The summed E-state index contributed by atoms with van der Waals surface area (Å²) in [6.45, 7) is 4.40. The van der Waals surface area contributed by atoms with E-state index in [4.69, 9.17) is 20.4 Å². The number of H-pyrrole nitrogens is 1. The van der Waals surface area contributed by atoms with Crippen LogP contribution < -0.4 is 5.56 Å². The molecule has 64 heavy (non-hydrogen) atoms. The van der Waals surface area contributed by atoms with E-state index in [9.17, 15) is 51.0 Å². The molecule has 6 rings (SSSR count). The summed E-state index contributed by atoms with van der Waals surface area (Å²) >= 11 is 0. The molecule has 1 aliphatic rings. The van der Waals surface area contributed by atoms with Crippen LogP contribution in [0.2, 0.25) is 0 Å². The zero-order valence-electron chi connectivity index (χ0n) is 34.5. The van der Waals surface area contributed by atoms with Crippen LogP contribution in [0.5, 0.6) is 0 Å². The van der Waals surface area contributed by atoms with Gasteiger partial charge < -0.3 is 35.4 Å². The van der Waals surface area contributed by atoms with E-state index in [0.29, 0.717) is 54.0 Å². The molecule has 14 nitrogen and oxygen atoms in total. The second-order valence-electron chi connectivity index (χ2n) is 15.7. The Labute approximate surface area is 362 Å². The monoisotopic (exact) mass is 896 g/mol. The summed E-state index contributed by atoms with van der Waals surface area (Å²) in [5, 5.41) is 42.6. The van der Waals surface area contributed by atoms with Gasteiger partial charge in [-0.3, -0.25) is 19.3 Å². The largest absolute Gasteiger partial charge is 0.480 e. The summed E-state index contributed by atoms with van der Waals surface area (Å²) < 4.78 is 66.8. The first-order chi connectivity index (χ1) is 30.1. The second-order valence-corrected chi connectivity index (χ2v) is 15.7. The van der Waals surface area contributed by atoms with Crippen LogP contribution in [-0.2, 0) is 51.2 Å². The summed E-state index contributed by atoms with van der Waals surface area (Å²) in [6, 6.07) is 20.3. The molecule has 1 fully saturated rings. The molecular weight excluding hydrogens is 852 g/mol. The van der Waals surface area contributed by atoms with Crippen molar-refractivity contribution in [3.05, 3.63) is 135 Å². The van der Waals surface area contributed by atoms with Gasteiger partial charge in [0.1, 0.15) is 23.0 Å². The number of carbonyl (C=O) groups excluding carboxylic acids is 1. The number of carboxylic acids is 3. The topological polar surface area (TPSA) is 222 Å². The minimum atomic E-state index is -4.44. The Balaban J connectivity index is 0.000000688. The van der Waals surface area contributed by atoms with Crippen LogP contribution in [0.25, 0.3) is 22.0 Å². The number of carbonyl (C=O) groups is 4. The number of rotatable bonds is 14. The molecule has 1 aromatic heterocycles. The predicted molar refractivity (Wildman–Crippen MR) is 221 cm³/mol. The van der Waals surface area contributed by atoms with E-state index in [1.807, 2.05) is 17.0 Å². The Hall–Kier alpha value is -6.57. The van der Waals surface area contributed by atoms with Crippen LogP contribution in [-0.4, -0.2) is 106 Å². The lowest BCUT2D eigenvalue weighted by Gasteiger charge is -2.43. The van der Waals surface area contributed by atoms with E-state index in [0.717, 1.165) is 23.8 Å². The maximum atomic E-state index is 14.3. The highest BCUT2D eigenvalue weighted by Crippen LogP contribution is 2.32. The molecule has 6 N–H and O–H groups in total. The first-order valence-electron chi connectivity index (χ1n) is 19.9. The third-order valence-corrected chi connectivity index (χ3v) is 11.1. The standard InChI is InChI=1S/C41H39F5N4O4.C4H6O6/c1-40(2,39(53)54)49-20-18-32(19-21-49)50(24-25-6-8-26(9-7-25)27-10-14-30(15-11-27)41(44,45)46)36(51)22-29-4-3-5-34-37(29)38(52)48-35(47-34)17-13-28-12-16-31(42)23-33(28)43;5-1(3(7)8)2(6)4(9)10/h3-12,14-16,23,32H,13,17-22,24H2,1-2H3,(H,53,54)(H,47,48,52);1-2,5-6H,(H,7,8)(H,9,10). The minimum Gasteiger partial charge on any atom is -0.480 e. The molecule has 0 spiro atoms. The molecule has 1 aliphatic heterocycles. The molecule has 0 bridgehead atoms. The maximum Gasteiger partial charge on any atom is 0.416 e. The molecule has 1 amide bonds. The smallest absolute Gasteiger partial charge is 0.416 e. The maximum absolute atomic E-state index is 14.3. The number of aliphatic carboxylic acids is 3. The molecule has 0 radical (unpaired) electrons. The Bertz CT molecular complexity index is 2520. The van der Waals surface area contributed by atoms with Crippen LogP contribution in [0, 0.1) is 11.6 Å². The van der Waals surface area contributed by atoms with Gasteiger partial charge in [-0.1, -0.05) is 54.6 Å². The lowest BCUT2D eigenvalue weighted by atomic mass is 9.94. The van der Waals surface area contributed by atoms with Crippen molar-refractivity contribution in [2.75, 3.05) is 13.1 Å². The van der Waals surface area contributed by atoms with Crippen molar-refractivity contribution in [3.63, 3.8) is 0 Å². The SMILES string of the molecule is CC(C)(C(=O)O)N1CCC(N(Cc2ccc(-c3ccc(C(F)(F)F)cc3)cc2)C(=O)Cc2cccc3[nH]c(CCc4ccc(F)cc4F)nc(=O)c23)CC1.O=C(O)C(O)C(O)C(=O)O. The average Bonchev–Trinajstić information content (AvgIpc) is 3.24. The van der Waals surface area contributed by atoms with Gasteiger partial charge in [-0.25, -0.2) is 18.4 Å². The number of alkyl halides is 3. The Morgan fingerprint density at radius 1 is 0.812 bits per heavy atom. The number of amides is 1. The van der Waals surface area contributed by atoms with E-state index in [2.05, 4.69) is 9.97 Å². The van der Waals surface area contributed by atoms with Gasteiger partial charge in [0.25, 0.3) is 5.56 Å². The van der Waals surface area contributed by atoms with Gasteiger partial charge in [0.15, 0.2) is 12.2 Å². The quantitative estimate of drug-likeness (QED) is 0.0767. The van der Waals surface area contributed by atoms with Gasteiger partial charge in [-0.05, 0) is 85.2 Å². The number of nitrogens with one attached hydrogen (secondary N) is 1. The molecular formula is C45H45F5N4O10. The number of nitrogens with zero attached hydrogens (tertiary/aromatic N) is 3. The van der Waals surface area contributed by atoms with E-state index in [1.54, 1.807) is 49.1 Å². The third-order valence-electron chi connectivity index (χ3n) is 11.1. The van der Waals surface area contributed by atoms with Gasteiger partial charge in [-0.15, -0.1) is 0 Å². The number of aromatic nitrogens is 2. The number of fused-ring (bicyclic) bond motifs is 1. The third kappa shape index (κ3) is 11.9. The van der Waals surface area contributed by atoms with Crippen molar-refractivity contribution in [3.8, 4) is 11.1 Å². The first-order valence-corrected chi connectivity index (χ1v) is 19.9. The lowest BCUT2D eigenvalue weighted by molar-refractivity contribution is -0.165. The molecule has 4 aromatic carbocycles. The van der Waals surface area contributed by atoms with E-state index in [-0.39, 0.29) is 48.7 Å². The number of aryl methyl sites for hydroxylation is 2. The summed E-state index contributed by atoms with van der Waals surface area (Å²) in [5.41, 5.74) is 0.942. The van der Waals surface area contributed by atoms with Crippen molar-refractivity contribution >= 4 is 34.7 Å². The summed E-state index contributed by atoms with van der Waals surface area (Å²) in [5.74, 6) is -5.78. The number of aliphatic hydroxyl groups is 2. The van der Waals surface area contributed by atoms with Gasteiger partial charge in [0.2, 0.25) is 5.91 Å². The molecule has 19 heteroatoms. The average molecular weight is 897 g/mol. The Kier molecular flexibility index (Phi) is 15.4. The number of piperidine rings is 1. The van der Waals surface area contributed by atoms with Crippen molar-refractivity contribution in [1.82, 2.24) is 19.8 Å². The van der Waals surface area contributed by atoms with Crippen molar-refractivity contribution in [2.24, 2.45) is 0 Å². The number of benzene rings is 4. The Morgan fingerprint density at radius 3 is 1.92 bits per heavy atom. The Morgan fingerprint density at radius 2 is 1.39 bits per heavy atom. The molecule has 340 valence electrons.